The molecule has 2 heterocycles. The van der Waals surface area contributed by atoms with Gasteiger partial charge in [-0.15, -0.1) is 0 Å². The molecule has 0 aliphatic carbocycles. The largest absolute Gasteiger partial charge is 0.331 e. The molecule has 108 valence electrons. The third kappa shape index (κ3) is 2.33. The Morgan fingerprint density at radius 3 is 2.95 bits per heavy atom. The van der Waals surface area contributed by atoms with Crippen LogP contribution in [-0.2, 0) is 7.05 Å². The summed E-state index contributed by atoms with van der Waals surface area (Å²) < 4.78 is 1.83. The van der Waals surface area contributed by atoms with E-state index in [1.54, 1.807) is 13.2 Å². The summed E-state index contributed by atoms with van der Waals surface area (Å²) in [6.45, 7) is 2.02. The van der Waals surface area contributed by atoms with Crippen LogP contribution in [0.1, 0.15) is 5.69 Å². The van der Waals surface area contributed by atoms with E-state index in [4.69, 9.17) is 0 Å². The number of aromatic amines is 1. The highest BCUT2D eigenvalue weighted by Crippen LogP contribution is 2.23. The van der Waals surface area contributed by atoms with Crippen LogP contribution >= 0.6 is 0 Å². The van der Waals surface area contributed by atoms with Gasteiger partial charge >= 0.3 is 6.03 Å². The molecule has 1 aromatic carbocycles. The number of anilines is 2. The van der Waals surface area contributed by atoms with Gasteiger partial charge in [0.1, 0.15) is 5.82 Å². The number of urea groups is 1. The predicted molar refractivity (Wildman–Crippen MR) is 81.5 cm³/mol. The summed E-state index contributed by atoms with van der Waals surface area (Å²) in [5.41, 5.74) is 2.74. The molecule has 2 N–H and O–H groups in total. The fourth-order valence-electron chi connectivity index (χ4n) is 2.17. The number of benzene rings is 1. The number of imidazole rings is 1. The summed E-state index contributed by atoms with van der Waals surface area (Å²) in [7, 11) is 3.62. The van der Waals surface area contributed by atoms with Gasteiger partial charge in [-0.2, -0.15) is 5.10 Å². The van der Waals surface area contributed by atoms with E-state index >= 15 is 0 Å². The zero-order chi connectivity index (χ0) is 15.0. The lowest BCUT2D eigenvalue weighted by Crippen LogP contribution is -2.31. The van der Waals surface area contributed by atoms with Crippen molar-refractivity contribution in [2.75, 3.05) is 17.3 Å². The molecule has 0 saturated heterocycles. The number of nitrogens with one attached hydrogen (secondary N) is 2. The average molecular weight is 284 g/mol. The van der Waals surface area contributed by atoms with E-state index in [0.29, 0.717) is 5.82 Å². The molecule has 0 bridgehead atoms. The lowest BCUT2D eigenvalue weighted by molar-refractivity contribution is 0.258. The van der Waals surface area contributed by atoms with Gasteiger partial charge in [-0.25, -0.2) is 9.78 Å². The van der Waals surface area contributed by atoms with Gasteiger partial charge in [0.15, 0.2) is 0 Å². The number of hydrogen-bond donors (Lipinski definition) is 2. The molecule has 2 aromatic heterocycles. The monoisotopic (exact) mass is 284 g/mol. The second-order valence-electron chi connectivity index (χ2n) is 4.86. The Kier molecular flexibility index (Phi) is 3.09. The van der Waals surface area contributed by atoms with E-state index in [2.05, 4.69) is 20.4 Å². The molecule has 0 spiro atoms. The fraction of sp³-hybridized carbons (Fsp3) is 0.214. The van der Waals surface area contributed by atoms with Crippen molar-refractivity contribution in [1.29, 1.82) is 0 Å². The van der Waals surface area contributed by atoms with Crippen LogP contribution in [0.3, 0.4) is 0 Å². The minimum Gasteiger partial charge on any atom is -0.331 e. The van der Waals surface area contributed by atoms with Crippen molar-refractivity contribution in [1.82, 2.24) is 19.7 Å². The first kappa shape index (κ1) is 13.2. The van der Waals surface area contributed by atoms with E-state index in [0.717, 1.165) is 22.3 Å². The molecule has 21 heavy (non-hydrogen) atoms. The van der Waals surface area contributed by atoms with Crippen molar-refractivity contribution in [3.8, 4) is 0 Å². The number of aryl methyl sites for hydroxylation is 2. The van der Waals surface area contributed by atoms with Crippen molar-refractivity contribution >= 4 is 28.4 Å². The summed E-state index contributed by atoms with van der Waals surface area (Å²) >= 11 is 0. The van der Waals surface area contributed by atoms with Crippen LogP contribution in [0.4, 0.5) is 16.3 Å². The summed E-state index contributed by atoms with van der Waals surface area (Å²) in [6, 6.07) is 5.54. The van der Waals surface area contributed by atoms with Crippen LogP contribution < -0.4 is 10.2 Å². The molecule has 3 rings (SSSR count). The van der Waals surface area contributed by atoms with Crippen molar-refractivity contribution in [3.05, 3.63) is 36.4 Å². The molecule has 0 aliphatic heterocycles. The SMILES string of the molecule is Cc1c2ccc(N(C)C(=O)Nc3cnc[nH]3)cc2nn1C. The molecule has 0 saturated carbocycles. The fourth-order valence-corrected chi connectivity index (χ4v) is 2.17. The van der Waals surface area contributed by atoms with Crippen LogP contribution in [0.2, 0.25) is 0 Å². The Morgan fingerprint density at radius 2 is 2.24 bits per heavy atom. The quantitative estimate of drug-likeness (QED) is 0.757. The maximum absolute atomic E-state index is 12.2. The topological polar surface area (TPSA) is 78.8 Å². The number of carbonyl (C=O) groups excluding carboxylic acids is 1. The second kappa shape index (κ2) is 4.93. The number of fused-ring (bicyclic) bond motifs is 1. The van der Waals surface area contributed by atoms with Crippen molar-refractivity contribution in [2.45, 2.75) is 6.92 Å². The summed E-state index contributed by atoms with van der Waals surface area (Å²) in [5.74, 6) is 0.557. The highest BCUT2D eigenvalue weighted by molar-refractivity contribution is 6.02. The maximum atomic E-state index is 12.2. The van der Waals surface area contributed by atoms with Crippen LogP contribution in [0.15, 0.2) is 30.7 Å². The Hall–Kier alpha value is -2.83. The van der Waals surface area contributed by atoms with Crippen molar-refractivity contribution in [3.63, 3.8) is 0 Å². The molecule has 0 radical (unpaired) electrons. The third-order valence-electron chi connectivity index (χ3n) is 3.55. The molecule has 7 nitrogen and oxygen atoms in total. The smallest absolute Gasteiger partial charge is 0.327 e. The van der Waals surface area contributed by atoms with Gasteiger partial charge in [0.2, 0.25) is 0 Å². The van der Waals surface area contributed by atoms with Gasteiger partial charge in [-0.3, -0.25) is 14.9 Å². The second-order valence-corrected chi connectivity index (χ2v) is 4.86. The average Bonchev–Trinajstić information content (AvgIpc) is 3.07. The Bertz CT molecular complexity index is 789. The number of amides is 2. The van der Waals surface area contributed by atoms with Crippen LogP contribution in [-0.4, -0.2) is 32.8 Å². The summed E-state index contributed by atoms with van der Waals surface area (Å²) in [6.07, 6.45) is 3.06. The van der Waals surface area contributed by atoms with Crippen molar-refractivity contribution in [2.24, 2.45) is 7.05 Å². The highest BCUT2D eigenvalue weighted by atomic mass is 16.2. The van der Waals surface area contributed by atoms with E-state index in [9.17, 15) is 4.79 Å². The lowest BCUT2D eigenvalue weighted by Gasteiger charge is -2.17. The number of nitrogens with zero attached hydrogens (tertiary/aromatic N) is 4. The predicted octanol–water partition coefficient (Wildman–Crippen LogP) is 2.27. The van der Waals surface area contributed by atoms with Crippen LogP contribution in [0, 0.1) is 6.92 Å². The first-order valence-corrected chi connectivity index (χ1v) is 6.52. The van der Waals surface area contributed by atoms with E-state index in [1.807, 2.05) is 36.9 Å². The molecule has 0 aliphatic rings. The van der Waals surface area contributed by atoms with Crippen LogP contribution in [0.5, 0.6) is 0 Å². The molecular weight excluding hydrogens is 268 g/mol. The van der Waals surface area contributed by atoms with Gasteiger partial charge in [0.05, 0.1) is 18.0 Å². The number of H-pyrrole nitrogens is 1. The minimum atomic E-state index is -0.244. The first-order chi connectivity index (χ1) is 10.1. The van der Waals surface area contributed by atoms with Gasteiger partial charge in [-0.05, 0) is 25.1 Å². The zero-order valence-electron chi connectivity index (χ0n) is 12.1. The van der Waals surface area contributed by atoms with Gasteiger partial charge in [0.25, 0.3) is 0 Å². The van der Waals surface area contributed by atoms with Gasteiger partial charge in [0, 0.05) is 30.9 Å². The minimum absolute atomic E-state index is 0.244. The summed E-state index contributed by atoms with van der Waals surface area (Å²) in [5, 5.41) is 8.25. The number of hydrogen-bond acceptors (Lipinski definition) is 3. The zero-order valence-corrected chi connectivity index (χ0v) is 12.1. The normalized spacial score (nSPS) is 10.8. The maximum Gasteiger partial charge on any atom is 0.327 e. The van der Waals surface area contributed by atoms with Gasteiger partial charge in [-0.1, -0.05) is 0 Å². The van der Waals surface area contributed by atoms with Gasteiger partial charge < -0.3 is 4.98 Å². The first-order valence-electron chi connectivity index (χ1n) is 6.52. The molecular formula is C14H16N6O. The van der Waals surface area contributed by atoms with Crippen LogP contribution in [0.25, 0.3) is 10.9 Å². The lowest BCUT2D eigenvalue weighted by atomic mass is 10.2. The molecule has 0 atom stereocenters. The number of rotatable bonds is 2. The number of aromatic nitrogens is 4. The molecule has 7 heteroatoms. The molecule has 0 fully saturated rings. The van der Waals surface area contributed by atoms with E-state index in [-0.39, 0.29) is 6.03 Å². The third-order valence-corrected chi connectivity index (χ3v) is 3.55. The number of carbonyl (C=O) groups is 1. The molecule has 2 amide bonds. The Balaban J connectivity index is 1.87. The standard InChI is InChI=1S/C14H16N6O/c1-9-11-5-4-10(6-12(11)18-20(9)3)19(2)14(21)17-13-7-15-8-16-13/h4-8H,1-3H3,(H,15,16)(H,17,21). The van der Waals surface area contributed by atoms with E-state index in [1.165, 1.54) is 11.2 Å². The van der Waals surface area contributed by atoms with Crippen molar-refractivity contribution < 1.29 is 4.79 Å². The van der Waals surface area contributed by atoms with E-state index < -0.39 is 0 Å². The highest BCUT2D eigenvalue weighted by Gasteiger charge is 2.13. The molecule has 0 unspecified atom stereocenters. The Morgan fingerprint density at radius 1 is 1.43 bits per heavy atom. The summed E-state index contributed by atoms with van der Waals surface area (Å²) in [4.78, 5) is 20.4. The molecule has 3 aromatic rings. The Labute approximate surface area is 121 Å².